The predicted octanol–water partition coefficient (Wildman–Crippen LogP) is 3.32. The van der Waals surface area contributed by atoms with Gasteiger partial charge in [-0.15, -0.1) is 0 Å². The minimum Gasteiger partial charge on any atom is -0.396 e. The first-order chi connectivity index (χ1) is 8.74. The summed E-state index contributed by atoms with van der Waals surface area (Å²) in [5, 5.41) is 13.7. The minimum absolute atomic E-state index is 0.271. The summed E-state index contributed by atoms with van der Waals surface area (Å²) in [6.45, 7) is 4.57. The second kappa shape index (κ2) is 6.37. The van der Waals surface area contributed by atoms with Gasteiger partial charge in [0.25, 0.3) is 0 Å². The Morgan fingerprint density at radius 1 is 1.17 bits per heavy atom. The lowest BCUT2D eigenvalue weighted by Crippen LogP contribution is -2.11. The molecule has 1 heterocycles. The monoisotopic (exact) mass is 250 g/mol. The van der Waals surface area contributed by atoms with Crippen LogP contribution in [0, 0.1) is 13.8 Å². The van der Waals surface area contributed by atoms with Gasteiger partial charge in [0.1, 0.15) is 0 Å². The molecule has 1 fully saturated rings. The number of aryl methyl sites for hydroxylation is 1. The van der Waals surface area contributed by atoms with Gasteiger partial charge in [-0.1, -0.05) is 25.7 Å². The van der Waals surface area contributed by atoms with Crippen molar-refractivity contribution in [2.24, 2.45) is 0 Å². The minimum atomic E-state index is 0.271. The molecule has 0 bridgehead atoms. The molecule has 0 spiro atoms. The third kappa shape index (κ3) is 2.94. The molecule has 0 atom stereocenters. The van der Waals surface area contributed by atoms with Crippen molar-refractivity contribution in [2.75, 3.05) is 6.61 Å². The summed E-state index contributed by atoms with van der Waals surface area (Å²) in [5.74, 6) is 0. The Bertz CT molecular complexity index is 376. The first kappa shape index (κ1) is 13.6. The van der Waals surface area contributed by atoms with E-state index in [9.17, 15) is 0 Å². The van der Waals surface area contributed by atoms with Crippen LogP contribution in [0.4, 0.5) is 0 Å². The van der Waals surface area contributed by atoms with Gasteiger partial charge in [-0.3, -0.25) is 4.68 Å². The van der Waals surface area contributed by atoms with Crippen LogP contribution >= 0.6 is 0 Å². The zero-order chi connectivity index (χ0) is 13.0. The number of aromatic nitrogens is 2. The molecule has 1 aromatic heterocycles. The Morgan fingerprint density at radius 2 is 1.83 bits per heavy atom. The maximum Gasteiger partial charge on any atom is 0.0628 e. The van der Waals surface area contributed by atoms with E-state index in [4.69, 9.17) is 10.2 Å². The number of nitrogens with zero attached hydrogens (tertiary/aromatic N) is 2. The molecule has 0 aromatic carbocycles. The first-order valence-electron chi connectivity index (χ1n) is 7.39. The summed E-state index contributed by atoms with van der Waals surface area (Å²) in [4.78, 5) is 0. The third-order valence-corrected chi connectivity index (χ3v) is 4.23. The van der Waals surface area contributed by atoms with Gasteiger partial charge in [-0.25, -0.2) is 0 Å². The van der Waals surface area contributed by atoms with E-state index in [1.807, 2.05) is 0 Å². The maximum absolute atomic E-state index is 8.97. The number of rotatable bonds is 4. The van der Waals surface area contributed by atoms with Gasteiger partial charge < -0.3 is 5.11 Å². The molecule has 1 aliphatic rings. The second-order valence-electron chi connectivity index (χ2n) is 5.57. The van der Waals surface area contributed by atoms with Gasteiger partial charge in [-0.05, 0) is 45.1 Å². The van der Waals surface area contributed by atoms with Crippen LogP contribution in [0.25, 0.3) is 0 Å². The van der Waals surface area contributed by atoms with Gasteiger partial charge in [-0.2, -0.15) is 5.10 Å². The number of hydrogen-bond donors (Lipinski definition) is 1. The van der Waals surface area contributed by atoms with Gasteiger partial charge in [0.15, 0.2) is 0 Å². The van der Waals surface area contributed by atoms with Crippen LogP contribution in [0.1, 0.15) is 67.9 Å². The van der Waals surface area contributed by atoms with E-state index in [1.54, 1.807) is 0 Å². The lowest BCUT2D eigenvalue weighted by atomic mass is 10.1. The van der Waals surface area contributed by atoms with Crippen LogP contribution < -0.4 is 0 Å². The third-order valence-electron chi connectivity index (χ3n) is 4.23. The van der Waals surface area contributed by atoms with Gasteiger partial charge in [0.05, 0.1) is 11.7 Å². The van der Waals surface area contributed by atoms with E-state index in [0.29, 0.717) is 6.04 Å². The fourth-order valence-corrected chi connectivity index (χ4v) is 3.17. The Morgan fingerprint density at radius 3 is 2.44 bits per heavy atom. The molecule has 1 saturated carbocycles. The Balaban J connectivity index is 2.16. The van der Waals surface area contributed by atoms with E-state index in [2.05, 4.69) is 18.5 Å². The van der Waals surface area contributed by atoms with Gasteiger partial charge >= 0.3 is 0 Å². The smallest absolute Gasteiger partial charge is 0.0628 e. The van der Waals surface area contributed by atoms with Gasteiger partial charge in [0.2, 0.25) is 0 Å². The fourth-order valence-electron chi connectivity index (χ4n) is 3.17. The van der Waals surface area contributed by atoms with Crippen molar-refractivity contribution >= 4 is 0 Å². The van der Waals surface area contributed by atoms with Crippen LogP contribution in [0.2, 0.25) is 0 Å². The van der Waals surface area contributed by atoms with Crippen LogP contribution in [-0.2, 0) is 6.42 Å². The van der Waals surface area contributed by atoms with Crippen LogP contribution in [0.3, 0.4) is 0 Å². The zero-order valence-electron chi connectivity index (χ0n) is 11.8. The molecule has 102 valence electrons. The van der Waals surface area contributed by atoms with Crippen molar-refractivity contribution in [3.8, 4) is 0 Å². The standard InChI is InChI=1S/C15H26N2O/c1-12-15(10-7-11-18)13(2)17(16-12)14-8-5-3-4-6-9-14/h14,18H,3-11H2,1-2H3. The lowest BCUT2D eigenvalue weighted by molar-refractivity contribution is 0.288. The number of aliphatic hydroxyl groups excluding tert-OH is 1. The quantitative estimate of drug-likeness (QED) is 0.832. The first-order valence-corrected chi connectivity index (χ1v) is 7.39. The molecular formula is C15H26N2O. The highest BCUT2D eigenvalue weighted by molar-refractivity contribution is 5.25. The average molecular weight is 250 g/mol. The highest BCUT2D eigenvalue weighted by Crippen LogP contribution is 2.29. The molecule has 3 nitrogen and oxygen atoms in total. The topological polar surface area (TPSA) is 38.0 Å². The lowest BCUT2D eigenvalue weighted by Gasteiger charge is -2.17. The fraction of sp³-hybridized carbons (Fsp3) is 0.800. The maximum atomic E-state index is 8.97. The van der Waals surface area contributed by atoms with Crippen molar-refractivity contribution in [3.63, 3.8) is 0 Å². The van der Waals surface area contributed by atoms with Crippen molar-refractivity contribution in [3.05, 3.63) is 17.0 Å². The van der Waals surface area contributed by atoms with Crippen molar-refractivity contribution in [2.45, 2.75) is 71.3 Å². The normalized spacial score (nSPS) is 17.9. The molecule has 18 heavy (non-hydrogen) atoms. The van der Waals surface area contributed by atoms with E-state index in [1.165, 1.54) is 49.8 Å². The molecule has 1 aliphatic carbocycles. The summed E-state index contributed by atoms with van der Waals surface area (Å²) >= 11 is 0. The Labute approximate surface area is 110 Å². The molecule has 3 heteroatoms. The van der Waals surface area contributed by atoms with E-state index in [-0.39, 0.29) is 6.61 Å². The van der Waals surface area contributed by atoms with Crippen molar-refractivity contribution in [1.82, 2.24) is 9.78 Å². The molecule has 0 radical (unpaired) electrons. The number of aliphatic hydroxyl groups is 1. The van der Waals surface area contributed by atoms with Crippen molar-refractivity contribution in [1.29, 1.82) is 0 Å². The summed E-state index contributed by atoms with van der Waals surface area (Å²) in [6.07, 6.45) is 9.81. The summed E-state index contributed by atoms with van der Waals surface area (Å²) < 4.78 is 2.27. The molecule has 0 aliphatic heterocycles. The molecule has 0 saturated heterocycles. The molecule has 0 amide bonds. The molecule has 1 aromatic rings. The molecule has 1 N–H and O–H groups in total. The predicted molar refractivity (Wildman–Crippen MR) is 73.8 cm³/mol. The zero-order valence-corrected chi connectivity index (χ0v) is 11.8. The molecule has 0 unspecified atom stereocenters. The average Bonchev–Trinajstić information content (AvgIpc) is 2.60. The SMILES string of the molecule is Cc1nn(C2CCCCCC2)c(C)c1CCCO. The second-order valence-corrected chi connectivity index (χ2v) is 5.57. The number of hydrogen-bond acceptors (Lipinski definition) is 2. The Kier molecular flexibility index (Phi) is 4.81. The van der Waals surface area contributed by atoms with Crippen LogP contribution in [0.5, 0.6) is 0 Å². The van der Waals surface area contributed by atoms with Crippen molar-refractivity contribution < 1.29 is 5.11 Å². The van der Waals surface area contributed by atoms with E-state index in [0.717, 1.165) is 18.5 Å². The largest absolute Gasteiger partial charge is 0.396 e. The molecule has 2 rings (SSSR count). The molecular weight excluding hydrogens is 224 g/mol. The van der Waals surface area contributed by atoms with Crippen LogP contribution in [0.15, 0.2) is 0 Å². The summed E-state index contributed by atoms with van der Waals surface area (Å²) in [6, 6.07) is 0.606. The summed E-state index contributed by atoms with van der Waals surface area (Å²) in [7, 11) is 0. The highest BCUT2D eigenvalue weighted by Gasteiger charge is 2.19. The van der Waals surface area contributed by atoms with E-state index < -0.39 is 0 Å². The van der Waals surface area contributed by atoms with Crippen LogP contribution in [-0.4, -0.2) is 21.5 Å². The highest BCUT2D eigenvalue weighted by atomic mass is 16.2. The van der Waals surface area contributed by atoms with E-state index >= 15 is 0 Å². The Hall–Kier alpha value is -0.830. The summed E-state index contributed by atoms with van der Waals surface area (Å²) in [5.41, 5.74) is 3.84. The van der Waals surface area contributed by atoms with Gasteiger partial charge in [0, 0.05) is 12.3 Å².